The zero-order chi connectivity index (χ0) is 14.0. The molecular formula is C13H9Cl2FN2O. The summed E-state index contributed by atoms with van der Waals surface area (Å²) < 4.78 is 18.7. The molecule has 0 atom stereocenters. The summed E-state index contributed by atoms with van der Waals surface area (Å²) in [5, 5.41) is 7.62. The molecule has 0 saturated carbocycles. The van der Waals surface area contributed by atoms with Gasteiger partial charge < -0.3 is 10.5 Å². The van der Waals surface area contributed by atoms with Crippen LogP contribution in [0.4, 0.5) is 4.39 Å². The van der Waals surface area contributed by atoms with Crippen LogP contribution in [0.3, 0.4) is 0 Å². The van der Waals surface area contributed by atoms with Crippen LogP contribution in [0.1, 0.15) is 5.56 Å². The fourth-order valence-corrected chi connectivity index (χ4v) is 1.84. The van der Waals surface area contributed by atoms with Crippen molar-refractivity contribution in [3.63, 3.8) is 0 Å². The average Bonchev–Trinajstić information content (AvgIpc) is 2.33. The molecule has 3 N–H and O–H groups in total. The Kier molecular flexibility index (Phi) is 3.93. The molecular weight excluding hydrogens is 290 g/mol. The first-order valence-electron chi connectivity index (χ1n) is 5.24. The predicted molar refractivity (Wildman–Crippen MR) is 74.0 cm³/mol. The van der Waals surface area contributed by atoms with Gasteiger partial charge in [-0.3, -0.25) is 5.41 Å². The Bertz CT molecular complexity index is 647. The molecule has 2 rings (SSSR count). The van der Waals surface area contributed by atoms with Crippen LogP contribution in [0.5, 0.6) is 11.5 Å². The summed E-state index contributed by atoms with van der Waals surface area (Å²) in [5.41, 5.74) is 5.76. The smallest absolute Gasteiger partial charge is 0.145 e. The van der Waals surface area contributed by atoms with Crippen molar-refractivity contribution in [1.82, 2.24) is 0 Å². The second-order valence-corrected chi connectivity index (χ2v) is 4.55. The van der Waals surface area contributed by atoms with Crippen molar-refractivity contribution >= 4 is 29.0 Å². The van der Waals surface area contributed by atoms with Gasteiger partial charge in [0.05, 0.1) is 10.0 Å². The van der Waals surface area contributed by atoms with E-state index in [1.807, 2.05) is 0 Å². The van der Waals surface area contributed by atoms with Crippen molar-refractivity contribution in [1.29, 1.82) is 5.41 Å². The van der Waals surface area contributed by atoms with Crippen LogP contribution in [0.15, 0.2) is 36.4 Å². The van der Waals surface area contributed by atoms with E-state index in [0.29, 0.717) is 22.1 Å². The molecule has 0 aliphatic heterocycles. The van der Waals surface area contributed by atoms with E-state index in [1.54, 1.807) is 12.1 Å². The molecule has 0 fully saturated rings. The van der Waals surface area contributed by atoms with Crippen LogP contribution < -0.4 is 10.5 Å². The molecule has 3 nitrogen and oxygen atoms in total. The number of amidine groups is 1. The zero-order valence-electron chi connectivity index (χ0n) is 9.58. The fraction of sp³-hybridized carbons (Fsp3) is 0. The largest absolute Gasteiger partial charge is 0.457 e. The fourth-order valence-electron chi connectivity index (χ4n) is 1.45. The quantitative estimate of drug-likeness (QED) is 0.659. The van der Waals surface area contributed by atoms with Gasteiger partial charge in [0.2, 0.25) is 0 Å². The highest BCUT2D eigenvalue weighted by atomic mass is 35.5. The number of nitrogens with one attached hydrogen (secondary N) is 1. The Hall–Kier alpha value is -1.78. The maximum atomic E-state index is 13.2. The van der Waals surface area contributed by atoms with Crippen molar-refractivity contribution < 1.29 is 9.13 Å². The van der Waals surface area contributed by atoms with Gasteiger partial charge in [0.1, 0.15) is 23.2 Å². The molecule has 0 aromatic heterocycles. The summed E-state index contributed by atoms with van der Waals surface area (Å²) >= 11 is 11.5. The Balaban J connectivity index is 2.26. The molecule has 6 heteroatoms. The number of hydrogen-bond acceptors (Lipinski definition) is 2. The maximum absolute atomic E-state index is 13.2. The number of rotatable bonds is 3. The molecule has 0 saturated heterocycles. The molecule has 0 heterocycles. The predicted octanol–water partition coefficient (Wildman–Crippen LogP) is 4.21. The summed E-state index contributed by atoms with van der Waals surface area (Å²) in [4.78, 5) is 0. The SMILES string of the molecule is N=C(N)c1ccc(Oc2ccc(Cl)c(F)c2)cc1Cl. The molecule has 0 amide bonds. The lowest BCUT2D eigenvalue weighted by Gasteiger charge is -2.08. The minimum atomic E-state index is -0.564. The molecule has 2 aromatic carbocycles. The van der Waals surface area contributed by atoms with Crippen LogP contribution in [0, 0.1) is 11.2 Å². The molecule has 0 radical (unpaired) electrons. The minimum Gasteiger partial charge on any atom is -0.457 e. The Morgan fingerprint density at radius 2 is 1.68 bits per heavy atom. The number of hydrogen-bond donors (Lipinski definition) is 2. The van der Waals surface area contributed by atoms with Crippen LogP contribution in [-0.2, 0) is 0 Å². The van der Waals surface area contributed by atoms with Crippen LogP contribution in [-0.4, -0.2) is 5.84 Å². The Morgan fingerprint density at radius 1 is 1.05 bits per heavy atom. The number of nitrogens with two attached hydrogens (primary N) is 1. The molecule has 98 valence electrons. The van der Waals surface area contributed by atoms with Gasteiger partial charge in [-0.2, -0.15) is 0 Å². The second kappa shape index (κ2) is 5.47. The topological polar surface area (TPSA) is 59.1 Å². The van der Waals surface area contributed by atoms with Gasteiger partial charge >= 0.3 is 0 Å². The maximum Gasteiger partial charge on any atom is 0.145 e. The highest BCUT2D eigenvalue weighted by molar-refractivity contribution is 6.34. The monoisotopic (exact) mass is 298 g/mol. The van der Waals surface area contributed by atoms with E-state index in [2.05, 4.69) is 0 Å². The summed E-state index contributed by atoms with van der Waals surface area (Å²) in [6.07, 6.45) is 0. The third-order valence-electron chi connectivity index (χ3n) is 2.36. The van der Waals surface area contributed by atoms with Crippen LogP contribution in [0.2, 0.25) is 10.0 Å². The van der Waals surface area contributed by atoms with E-state index in [0.717, 1.165) is 0 Å². The number of nitrogen functional groups attached to an aromatic ring is 1. The summed E-state index contributed by atoms with van der Waals surface area (Å²) in [6.45, 7) is 0. The van der Waals surface area contributed by atoms with Crippen LogP contribution in [0.25, 0.3) is 0 Å². The normalized spacial score (nSPS) is 10.3. The first kappa shape index (κ1) is 13.6. The lowest BCUT2D eigenvalue weighted by Crippen LogP contribution is -2.11. The summed E-state index contributed by atoms with van der Waals surface area (Å²) in [5.74, 6) is 0.0185. The molecule has 2 aromatic rings. The van der Waals surface area contributed by atoms with Gasteiger partial charge in [-0.15, -0.1) is 0 Å². The van der Waals surface area contributed by atoms with E-state index in [1.165, 1.54) is 24.3 Å². The van der Waals surface area contributed by atoms with E-state index in [4.69, 9.17) is 39.1 Å². The van der Waals surface area contributed by atoms with Crippen molar-refractivity contribution in [2.75, 3.05) is 0 Å². The number of benzene rings is 2. The Labute approximate surface area is 119 Å². The van der Waals surface area contributed by atoms with Crippen molar-refractivity contribution in [2.24, 2.45) is 5.73 Å². The molecule has 0 spiro atoms. The second-order valence-electron chi connectivity index (χ2n) is 3.73. The van der Waals surface area contributed by atoms with Gasteiger partial charge in [0, 0.05) is 17.7 Å². The lowest BCUT2D eigenvalue weighted by molar-refractivity contribution is 0.477. The number of halogens is 3. The summed E-state index contributed by atoms with van der Waals surface area (Å²) in [7, 11) is 0. The highest BCUT2D eigenvalue weighted by Crippen LogP contribution is 2.28. The van der Waals surface area contributed by atoms with E-state index < -0.39 is 5.82 Å². The Morgan fingerprint density at radius 3 is 2.26 bits per heavy atom. The third-order valence-corrected chi connectivity index (χ3v) is 2.98. The first-order chi connectivity index (χ1) is 8.97. The van der Waals surface area contributed by atoms with Crippen molar-refractivity contribution in [3.8, 4) is 11.5 Å². The minimum absolute atomic E-state index is 0.0253. The molecule has 0 unspecified atom stereocenters. The van der Waals surface area contributed by atoms with Gasteiger partial charge in [-0.1, -0.05) is 23.2 Å². The van der Waals surface area contributed by atoms with Gasteiger partial charge in [-0.25, -0.2) is 4.39 Å². The number of ether oxygens (including phenoxy) is 1. The van der Waals surface area contributed by atoms with Gasteiger partial charge in [0.15, 0.2) is 0 Å². The van der Waals surface area contributed by atoms with Crippen molar-refractivity contribution in [3.05, 3.63) is 57.8 Å². The lowest BCUT2D eigenvalue weighted by atomic mass is 10.2. The van der Waals surface area contributed by atoms with Gasteiger partial charge in [-0.05, 0) is 24.3 Å². The van der Waals surface area contributed by atoms with E-state index >= 15 is 0 Å². The van der Waals surface area contributed by atoms with Crippen molar-refractivity contribution in [2.45, 2.75) is 0 Å². The first-order valence-corrected chi connectivity index (χ1v) is 6.00. The molecule has 0 aliphatic carbocycles. The average molecular weight is 299 g/mol. The van der Waals surface area contributed by atoms with Gasteiger partial charge in [0.25, 0.3) is 0 Å². The highest BCUT2D eigenvalue weighted by Gasteiger charge is 2.07. The zero-order valence-corrected chi connectivity index (χ0v) is 11.1. The third kappa shape index (κ3) is 3.16. The molecule has 0 bridgehead atoms. The van der Waals surface area contributed by atoms with Crippen LogP contribution >= 0.6 is 23.2 Å². The van der Waals surface area contributed by atoms with E-state index in [9.17, 15) is 4.39 Å². The van der Waals surface area contributed by atoms with E-state index in [-0.39, 0.29) is 10.9 Å². The molecule has 19 heavy (non-hydrogen) atoms. The summed E-state index contributed by atoms with van der Waals surface area (Å²) in [6, 6.07) is 8.78. The molecule has 0 aliphatic rings. The standard InChI is InChI=1S/C13H9Cl2FN2O/c14-10-4-2-8(6-12(10)16)19-7-1-3-9(13(17)18)11(15)5-7/h1-6H,(H3,17,18).